The van der Waals surface area contributed by atoms with Gasteiger partial charge in [-0.25, -0.2) is 0 Å². The van der Waals surface area contributed by atoms with Gasteiger partial charge in [0.2, 0.25) is 0 Å². The number of ether oxygens (including phenoxy) is 2. The first-order valence-electron chi connectivity index (χ1n) is 5.88. The van der Waals surface area contributed by atoms with Crippen molar-refractivity contribution in [1.82, 2.24) is 0 Å². The Bertz CT molecular complexity index is 444. The molecule has 0 amide bonds. The largest absolute Gasteiger partial charge is 0.496 e. The van der Waals surface area contributed by atoms with Gasteiger partial charge in [-0.05, 0) is 18.1 Å². The summed E-state index contributed by atoms with van der Waals surface area (Å²) in [6, 6.07) is 8.48. The summed E-state index contributed by atoms with van der Waals surface area (Å²) in [5.74, 6) is 0.862. The topological polar surface area (TPSA) is 42.2 Å². The molecule has 0 aromatic heterocycles. The second-order valence-corrected chi connectivity index (χ2v) is 4.50. The number of nitriles is 1. The minimum Gasteiger partial charge on any atom is -0.496 e. The van der Waals surface area contributed by atoms with E-state index in [-0.39, 0.29) is 5.41 Å². The molecule has 0 aliphatic carbocycles. The molecule has 1 aliphatic heterocycles. The lowest BCUT2D eigenvalue weighted by Gasteiger charge is -2.41. The Kier molecular flexibility index (Phi) is 3.35. The Morgan fingerprint density at radius 2 is 2.24 bits per heavy atom. The second-order valence-electron chi connectivity index (χ2n) is 4.50. The molecule has 90 valence electrons. The highest BCUT2D eigenvalue weighted by Crippen LogP contribution is 2.40. The zero-order chi connectivity index (χ0) is 12.3. The third kappa shape index (κ3) is 2.01. The van der Waals surface area contributed by atoms with Crippen molar-refractivity contribution in [2.45, 2.75) is 25.2 Å². The highest BCUT2D eigenvalue weighted by atomic mass is 16.5. The first-order chi connectivity index (χ1) is 8.25. The number of hydrogen-bond donors (Lipinski definition) is 0. The van der Waals surface area contributed by atoms with Crippen LogP contribution in [0.3, 0.4) is 0 Å². The summed E-state index contributed by atoms with van der Waals surface area (Å²) in [5, 5.41) is 8.97. The van der Waals surface area contributed by atoms with Crippen molar-refractivity contribution in [1.29, 1.82) is 5.26 Å². The fraction of sp³-hybridized carbons (Fsp3) is 0.500. The molecular weight excluding hydrogens is 214 g/mol. The summed E-state index contributed by atoms with van der Waals surface area (Å²) in [7, 11) is 1.67. The van der Waals surface area contributed by atoms with E-state index in [9.17, 15) is 0 Å². The first-order valence-corrected chi connectivity index (χ1v) is 5.88. The van der Waals surface area contributed by atoms with Crippen molar-refractivity contribution in [2.75, 3.05) is 20.3 Å². The van der Waals surface area contributed by atoms with Gasteiger partial charge in [0.25, 0.3) is 0 Å². The minimum absolute atomic E-state index is 0.161. The fourth-order valence-electron chi connectivity index (χ4n) is 2.24. The summed E-state index contributed by atoms with van der Waals surface area (Å²) >= 11 is 0. The minimum atomic E-state index is -0.161. The number of hydrogen-bond acceptors (Lipinski definition) is 3. The Morgan fingerprint density at radius 1 is 1.47 bits per heavy atom. The average molecular weight is 231 g/mol. The summed E-state index contributed by atoms with van der Waals surface area (Å²) in [4.78, 5) is 0. The molecule has 0 atom stereocenters. The number of methoxy groups -OCH3 is 1. The van der Waals surface area contributed by atoms with E-state index in [1.165, 1.54) is 5.56 Å². The molecule has 1 aliphatic rings. The van der Waals surface area contributed by atoms with Gasteiger partial charge >= 0.3 is 0 Å². The maximum atomic E-state index is 8.97. The third-order valence-electron chi connectivity index (χ3n) is 3.42. The predicted molar refractivity (Wildman–Crippen MR) is 65.1 cm³/mol. The first kappa shape index (κ1) is 11.9. The van der Waals surface area contributed by atoms with Gasteiger partial charge in [-0.3, -0.25) is 0 Å². The van der Waals surface area contributed by atoms with Crippen LogP contribution in [-0.4, -0.2) is 20.3 Å². The van der Waals surface area contributed by atoms with Crippen LogP contribution >= 0.6 is 0 Å². The van der Waals surface area contributed by atoms with Gasteiger partial charge in [-0.2, -0.15) is 5.26 Å². The molecule has 0 spiro atoms. The fourth-order valence-corrected chi connectivity index (χ4v) is 2.24. The van der Waals surface area contributed by atoms with Gasteiger partial charge in [0.15, 0.2) is 0 Å². The summed E-state index contributed by atoms with van der Waals surface area (Å²) in [6.45, 7) is 3.36. The van der Waals surface area contributed by atoms with Crippen LogP contribution in [0.1, 0.15) is 24.5 Å². The zero-order valence-corrected chi connectivity index (χ0v) is 10.3. The zero-order valence-electron chi connectivity index (χ0n) is 10.3. The van der Waals surface area contributed by atoms with Crippen molar-refractivity contribution >= 4 is 0 Å². The smallest absolute Gasteiger partial charge is 0.122 e. The van der Waals surface area contributed by atoms with E-state index in [4.69, 9.17) is 14.7 Å². The summed E-state index contributed by atoms with van der Waals surface area (Å²) in [6.07, 6.45) is 1.47. The molecule has 3 nitrogen and oxygen atoms in total. The molecular formula is C14H17NO2. The van der Waals surface area contributed by atoms with Crippen molar-refractivity contribution in [2.24, 2.45) is 0 Å². The molecule has 0 bridgehead atoms. The Balaban J connectivity index is 2.44. The van der Waals surface area contributed by atoms with Crippen molar-refractivity contribution in [3.63, 3.8) is 0 Å². The SMILES string of the molecule is CCc1ccc(OC)c(C2(CC#N)COC2)c1. The van der Waals surface area contributed by atoms with E-state index in [0.717, 1.165) is 17.7 Å². The van der Waals surface area contributed by atoms with E-state index >= 15 is 0 Å². The predicted octanol–water partition coefficient (Wildman–Crippen LogP) is 2.44. The van der Waals surface area contributed by atoms with Crippen LogP contribution in [0.5, 0.6) is 5.75 Å². The maximum absolute atomic E-state index is 8.97. The Labute approximate surface area is 102 Å². The Morgan fingerprint density at radius 3 is 2.71 bits per heavy atom. The van der Waals surface area contributed by atoms with Crippen LogP contribution in [0.25, 0.3) is 0 Å². The second kappa shape index (κ2) is 4.77. The number of aryl methyl sites for hydroxylation is 1. The van der Waals surface area contributed by atoms with Gasteiger partial charge in [0.1, 0.15) is 5.75 Å². The molecule has 2 rings (SSSR count). The lowest BCUT2D eigenvalue weighted by Crippen LogP contribution is -2.46. The molecule has 3 heteroatoms. The van der Waals surface area contributed by atoms with Gasteiger partial charge < -0.3 is 9.47 Å². The van der Waals surface area contributed by atoms with Crippen LogP contribution in [0.2, 0.25) is 0 Å². The van der Waals surface area contributed by atoms with Gasteiger partial charge in [-0.1, -0.05) is 19.1 Å². The van der Waals surface area contributed by atoms with Crippen LogP contribution in [0, 0.1) is 11.3 Å². The molecule has 1 aromatic rings. The normalized spacial score (nSPS) is 17.0. The van der Waals surface area contributed by atoms with E-state index < -0.39 is 0 Å². The molecule has 1 aromatic carbocycles. The Hall–Kier alpha value is -1.53. The molecule has 1 heterocycles. The van der Waals surface area contributed by atoms with Gasteiger partial charge in [0, 0.05) is 12.0 Å². The van der Waals surface area contributed by atoms with Crippen molar-refractivity contribution in [3.8, 4) is 11.8 Å². The van der Waals surface area contributed by atoms with Gasteiger partial charge in [0.05, 0.1) is 31.8 Å². The highest BCUT2D eigenvalue weighted by Gasteiger charge is 2.42. The number of benzene rings is 1. The number of rotatable bonds is 4. The maximum Gasteiger partial charge on any atom is 0.122 e. The van der Waals surface area contributed by atoms with Crippen LogP contribution in [0.4, 0.5) is 0 Å². The monoisotopic (exact) mass is 231 g/mol. The molecule has 1 saturated heterocycles. The lowest BCUT2D eigenvalue weighted by molar-refractivity contribution is -0.0586. The van der Waals surface area contributed by atoms with Crippen molar-refractivity contribution < 1.29 is 9.47 Å². The molecule has 0 unspecified atom stereocenters. The van der Waals surface area contributed by atoms with Crippen LogP contribution < -0.4 is 4.74 Å². The van der Waals surface area contributed by atoms with E-state index in [2.05, 4.69) is 25.1 Å². The number of nitrogens with zero attached hydrogens (tertiary/aromatic N) is 1. The summed E-state index contributed by atoms with van der Waals surface area (Å²) in [5.41, 5.74) is 2.22. The summed E-state index contributed by atoms with van der Waals surface area (Å²) < 4.78 is 10.7. The van der Waals surface area contributed by atoms with Crippen LogP contribution in [0.15, 0.2) is 18.2 Å². The van der Waals surface area contributed by atoms with Crippen molar-refractivity contribution in [3.05, 3.63) is 29.3 Å². The van der Waals surface area contributed by atoms with Crippen LogP contribution in [-0.2, 0) is 16.6 Å². The van der Waals surface area contributed by atoms with E-state index in [0.29, 0.717) is 19.6 Å². The molecule has 0 radical (unpaired) electrons. The molecule has 0 saturated carbocycles. The third-order valence-corrected chi connectivity index (χ3v) is 3.42. The van der Waals surface area contributed by atoms with E-state index in [1.807, 2.05) is 6.07 Å². The average Bonchev–Trinajstić information content (AvgIpc) is 2.33. The molecule has 17 heavy (non-hydrogen) atoms. The lowest BCUT2D eigenvalue weighted by atomic mass is 9.75. The molecule has 0 N–H and O–H groups in total. The highest BCUT2D eigenvalue weighted by molar-refractivity contribution is 5.44. The standard InChI is InChI=1S/C14H17NO2/c1-3-11-4-5-13(16-2)12(8-11)14(6-7-15)9-17-10-14/h4-5,8H,3,6,9-10H2,1-2H3. The molecule has 1 fully saturated rings. The quantitative estimate of drug-likeness (QED) is 0.799. The van der Waals surface area contributed by atoms with E-state index in [1.54, 1.807) is 7.11 Å². The van der Waals surface area contributed by atoms with Gasteiger partial charge in [-0.15, -0.1) is 0 Å².